The van der Waals surface area contributed by atoms with E-state index in [2.05, 4.69) is 19.2 Å². The van der Waals surface area contributed by atoms with Crippen molar-refractivity contribution in [1.29, 1.82) is 0 Å². The fraction of sp³-hybridized carbons (Fsp3) is 0.240. The Morgan fingerprint density at radius 2 is 1.52 bits per heavy atom. The number of methoxy groups -OCH3 is 2. The molecule has 0 saturated heterocycles. The summed E-state index contributed by atoms with van der Waals surface area (Å²) in [4.78, 5) is 13.3. The lowest BCUT2D eigenvalue weighted by Gasteiger charge is -2.16. The zero-order valence-corrected chi connectivity index (χ0v) is 17.4. The van der Waals surface area contributed by atoms with E-state index in [1.54, 1.807) is 20.3 Å². The largest absolute Gasteiger partial charge is 0.493 e. The van der Waals surface area contributed by atoms with Gasteiger partial charge in [-0.3, -0.25) is 4.79 Å². The zero-order chi connectivity index (χ0) is 20.8. The Kier molecular flexibility index (Phi) is 6.55. The third-order valence-corrected chi connectivity index (χ3v) is 4.93. The minimum absolute atomic E-state index is 0.0585. The second-order valence-electron chi connectivity index (χ2n) is 7.20. The molecule has 1 N–H and O–H groups in total. The minimum atomic E-state index is -0.0585. The van der Waals surface area contributed by atoms with Crippen molar-refractivity contribution in [3.8, 4) is 11.5 Å². The van der Waals surface area contributed by atoms with E-state index in [0.29, 0.717) is 40.8 Å². The molecule has 4 nitrogen and oxygen atoms in total. The van der Waals surface area contributed by atoms with E-state index in [1.165, 1.54) is 5.56 Å². The molecule has 29 heavy (non-hydrogen) atoms. The molecule has 0 aromatic heterocycles. The number of ether oxygens (including phenoxy) is 2. The third-order valence-electron chi connectivity index (χ3n) is 4.93. The van der Waals surface area contributed by atoms with Crippen molar-refractivity contribution < 1.29 is 14.3 Å². The number of rotatable bonds is 8. The van der Waals surface area contributed by atoms with Crippen LogP contribution in [0.1, 0.15) is 46.8 Å². The first-order valence-corrected chi connectivity index (χ1v) is 9.72. The zero-order valence-electron chi connectivity index (χ0n) is 17.4. The topological polar surface area (TPSA) is 47.6 Å². The Morgan fingerprint density at radius 1 is 0.897 bits per heavy atom. The lowest BCUT2D eigenvalue weighted by Crippen LogP contribution is -2.09. The normalized spacial score (nSPS) is 10.7. The Hall–Kier alpha value is -3.27. The van der Waals surface area contributed by atoms with Crippen molar-refractivity contribution in [1.82, 2.24) is 0 Å². The molecule has 0 aliphatic rings. The SMILES string of the molecule is COc1cc(NCc2ccccc2)c(C(=O)c2ccc(C(C)C)cc2)cc1OC. The third kappa shape index (κ3) is 4.77. The molecule has 0 aliphatic carbocycles. The standard InChI is InChI=1S/C25H27NO3/c1-17(2)19-10-12-20(13-11-19)25(27)21-14-23(28-3)24(29-4)15-22(21)26-16-18-8-6-5-7-9-18/h5-15,17,26H,16H2,1-4H3. The van der Waals surface area contributed by atoms with Gasteiger partial charge in [-0.1, -0.05) is 68.4 Å². The molecule has 0 atom stereocenters. The summed E-state index contributed by atoms with van der Waals surface area (Å²) in [5.74, 6) is 1.47. The number of anilines is 1. The summed E-state index contributed by atoms with van der Waals surface area (Å²) in [5.41, 5.74) is 4.24. The molecule has 0 fully saturated rings. The summed E-state index contributed by atoms with van der Waals surface area (Å²) in [6.07, 6.45) is 0. The molecule has 4 heteroatoms. The number of carbonyl (C=O) groups is 1. The van der Waals surface area contributed by atoms with E-state index in [-0.39, 0.29) is 5.78 Å². The van der Waals surface area contributed by atoms with Crippen LogP contribution in [0.15, 0.2) is 66.7 Å². The quantitative estimate of drug-likeness (QED) is 0.504. The van der Waals surface area contributed by atoms with Gasteiger partial charge in [0.05, 0.1) is 14.2 Å². The summed E-state index contributed by atoms with van der Waals surface area (Å²) in [6.45, 7) is 4.87. The van der Waals surface area contributed by atoms with Crippen molar-refractivity contribution in [2.24, 2.45) is 0 Å². The lowest BCUT2D eigenvalue weighted by atomic mass is 9.97. The van der Waals surface area contributed by atoms with Gasteiger partial charge in [0, 0.05) is 29.4 Å². The van der Waals surface area contributed by atoms with Crippen LogP contribution in [-0.2, 0) is 6.54 Å². The maximum Gasteiger partial charge on any atom is 0.195 e. The van der Waals surface area contributed by atoms with E-state index in [0.717, 1.165) is 5.56 Å². The first-order chi connectivity index (χ1) is 14.0. The summed E-state index contributed by atoms with van der Waals surface area (Å²) < 4.78 is 10.9. The highest BCUT2D eigenvalue weighted by Gasteiger charge is 2.18. The number of carbonyl (C=O) groups excluding carboxylic acids is 1. The molecule has 3 aromatic rings. The first kappa shape index (κ1) is 20.5. The minimum Gasteiger partial charge on any atom is -0.493 e. The fourth-order valence-corrected chi connectivity index (χ4v) is 3.18. The van der Waals surface area contributed by atoms with Crippen LogP contribution in [0.4, 0.5) is 5.69 Å². The molecule has 0 radical (unpaired) electrons. The molecule has 3 aromatic carbocycles. The number of benzene rings is 3. The fourth-order valence-electron chi connectivity index (χ4n) is 3.18. The number of hydrogen-bond donors (Lipinski definition) is 1. The predicted molar refractivity (Wildman–Crippen MR) is 117 cm³/mol. The molecule has 150 valence electrons. The van der Waals surface area contributed by atoms with Gasteiger partial charge < -0.3 is 14.8 Å². The van der Waals surface area contributed by atoms with Crippen LogP contribution in [0, 0.1) is 0 Å². The molecule has 0 bridgehead atoms. The van der Waals surface area contributed by atoms with E-state index >= 15 is 0 Å². The molecule has 0 amide bonds. The van der Waals surface area contributed by atoms with Gasteiger partial charge in [-0.05, 0) is 23.1 Å². The Bertz CT molecular complexity index is 963. The summed E-state index contributed by atoms with van der Waals surface area (Å²) in [7, 11) is 3.16. The van der Waals surface area contributed by atoms with Crippen LogP contribution >= 0.6 is 0 Å². The number of hydrogen-bond acceptors (Lipinski definition) is 4. The maximum atomic E-state index is 13.3. The highest BCUT2D eigenvalue weighted by atomic mass is 16.5. The van der Waals surface area contributed by atoms with Gasteiger partial charge in [0.1, 0.15) is 0 Å². The molecule has 0 heterocycles. The van der Waals surface area contributed by atoms with E-state index < -0.39 is 0 Å². The highest BCUT2D eigenvalue weighted by Crippen LogP contribution is 2.35. The van der Waals surface area contributed by atoms with Gasteiger partial charge in [0.25, 0.3) is 0 Å². The molecule has 0 saturated carbocycles. The van der Waals surface area contributed by atoms with E-state index in [1.807, 2.05) is 60.7 Å². The average molecular weight is 389 g/mol. The Morgan fingerprint density at radius 3 is 2.10 bits per heavy atom. The highest BCUT2D eigenvalue weighted by molar-refractivity contribution is 6.12. The van der Waals surface area contributed by atoms with Crippen LogP contribution in [0.25, 0.3) is 0 Å². The van der Waals surface area contributed by atoms with Gasteiger partial charge in [-0.15, -0.1) is 0 Å². The van der Waals surface area contributed by atoms with Gasteiger partial charge >= 0.3 is 0 Å². The van der Waals surface area contributed by atoms with Crippen molar-refractivity contribution in [2.45, 2.75) is 26.3 Å². The summed E-state index contributed by atoms with van der Waals surface area (Å²) in [6, 6.07) is 21.4. The molecule has 0 spiro atoms. The van der Waals surface area contributed by atoms with Gasteiger partial charge in [-0.25, -0.2) is 0 Å². The lowest BCUT2D eigenvalue weighted by molar-refractivity contribution is 0.103. The van der Waals surface area contributed by atoms with Crippen LogP contribution < -0.4 is 14.8 Å². The average Bonchev–Trinajstić information content (AvgIpc) is 2.77. The first-order valence-electron chi connectivity index (χ1n) is 9.72. The maximum absolute atomic E-state index is 13.3. The molecular formula is C25H27NO3. The van der Waals surface area contributed by atoms with Crippen LogP contribution in [0.2, 0.25) is 0 Å². The summed E-state index contributed by atoms with van der Waals surface area (Å²) in [5, 5.41) is 3.38. The second kappa shape index (κ2) is 9.28. The smallest absolute Gasteiger partial charge is 0.195 e. The van der Waals surface area contributed by atoms with Crippen molar-refractivity contribution in [3.63, 3.8) is 0 Å². The van der Waals surface area contributed by atoms with Gasteiger partial charge in [-0.2, -0.15) is 0 Å². The number of ketones is 1. The van der Waals surface area contributed by atoms with Crippen molar-refractivity contribution >= 4 is 11.5 Å². The molecular weight excluding hydrogens is 362 g/mol. The van der Waals surface area contributed by atoms with E-state index in [4.69, 9.17) is 9.47 Å². The summed E-state index contributed by atoms with van der Waals surface area (Å²) >= 11 is 0. The monoisotopic (exact) mass is 389 g/mol. The van der Waals surface area contributed by atoms with Gasteiger partial charge in [0.2, 0.25) is 0 Å². The molecule has 0 aliphatic heterocycles. The second-order valence-corrected chi connectivity index (χ2v) is 7.20. The van der Waals surface area contributed by atoms with Crippen molar-refractivity contribution in [2.75, 3.05) is 19.5 Å². The molecule has 0 unspecified atom stereocenters. The Labute approximate surface area is 172 Å². The number of nitrogens with one attached hydrogen (secondary N) is 1. The van der Waals surface area contributed by atoms with Crippen LogP contribution in [0.3, 0.4) is 0 Å². The van der Waals surface area contributed by atoms with E-state index in [9.17, 15) is 4.79 Å². The predicted octanol–water partition coefficient (Wildman–Crippen LogP) is 5.67. The molecule has 3 rings (SSSR count). The van der Waals surface area contributed by atoms with Crippen LogP contribution in [0.5, 0.6) is 11.5 Å². The van der Waals surface area contributed by atoms with Gasteiger partial charge in [0.15, 0.2) is 17.3 Å². The van der Waals surface area contributed by atoms with Crippen molar-refractivity contribution in [3.05, 3.63) is 89.0 Å². The Balaban J connectivity index is 1.96. The van der Waals surface area contributed by atoms with Crippen LogP contribution in [-0.4, -0.2) is 20.0 Å².